The molecule has 1 N–H and O–H groups in total. The molecule has 6 nitrogen and oxygen atoms in total. The van der Waals surface area contributed by atoms with Crippen LogP contribution in [0.4, 0.5) is 4.39 Å². The molecule has 0 fully saturated rings. The zero-order chi connectivity index (χ0) is 17.1. The van der Waals surface area contributed by atoms with Gasteiger partial charge in [0.15, 0.2) is 5.82 Å². The summed E-state index contributed by atoms with van der Waals surface area (Å²) in [6.07, 6.45) is 0. The summed E-state index contributed by atoms with van der Waals surface area (Å²) < 4.78 is 14.7. The fourth-order valence-electron chi connectivity index (χ4n) is 2.05. The van der Waals surface area contributed by atoms with E-state index in [4.69, 9.17) is 23.2 Å². The van der Waals surface area contributed by atoms with Crippen LogP contribution in [0, 0.1) is 5.82 Å². The van der Waals surface area contributed by atoms with Gasteiger partial charge in [0.1, 0.15) is 5.82 Å². The van der Waals surface area contributed by atoms with Gasteiger partial charge in [-0.2, -0.15) is 4.68 Å². The molecule has 0 aliphatic heterocycles. The van der Waals surface area contributed by atoms with E-state index in [1.54, 1.807) is 18.2 Å². The largest absolute Gasteiger partial charge is 0.345 e. The molecule has 1 amide bonds. The minimum Gasteiger partial charge on any atom is -0.345 e. The van der Waals surface area contributed by atoms with Gasteiger partial charge in [-0.05, 0) is 46.8 Å². The maximum Gasteiger partial charge on any atom is 0.253 e. The molecular formula is C15H10Cl2FN5O. The Labute approximate surface area is 146 Å². The first-order chi connectivity index (χ1) is 11.5. The van der Waals surface area contributed by atoms with E-state index in [9.17, 15) is 9.18 Å². The molecule has 24 heavy (non-hydrogen) atoms. The monoisotopic (exact) mass is 365 g/mol. The van der Waals surface area contributed by atoms with Crippen LogP contribution in [-0.4, -0.2) is 26.1 Å². The first kappa shape index (κ1) is 16.4. The number of amides is 1. The van der Waals surface area contributed by atoms with Crippen molar-refractivity contribution < 1.29 is 9.18 Å². The Morgan fingerprint density at radius 2 is 2.04 bits per heavy atom. The molecule has 3 aromatic rings. The Balaban J connectivity index is 1.77. The summed E-state index contributed by atoms with van der Waals surface area (Å²) >= 11 is 11.9. The van der Waals surface area contributed by atoms with Crippen molar-refractivity contribution in [1.82, 2.24) is 25.5 Å². The van der Waals surface area contributed by atoms with Crippen LogP contribution in [-0.2, 0) is 6.54 Å². The highest BCUT2D eigenvalue weighted by Crippen LogP contribution is 2.20. The molecule has 3 rings (SSSR count). The number of carbonyl (C=O) groups excluding carboxylic acids is 1. The number of rotatable bonds is 4. The van der Waals surface area contributed by atoms with E-state index in [-0.39, 0.29) is 17.1 Å². The average Bonchev–Trinajstić information content (AvgIpc) is 3.03. The quantitative estimate of drug-likeness (QED) is 0.771. The molecule has 0 aliphatic rings. The molecule has 9 heteroatoms. The number of nitrogens with zero attached hydrogens (tertiary/aromatic N) is 4. The van der Waals surface area contributed by atoms with E-state index in [2.05, 4.69) is 20.8 Å². The first-order valence-electron chi connectivity index (χ1n) is 6.81. The number of aromatic nitrogens is 4. The molecule has 1 heterocycles. The van der Waals surface area contributed by atoms with Crippen molar-refractivity contribution >= 4 is 29.1 Å². The maximum absolute atomic E-state index is 13.3. The molecule has 0 aliphatic carbocycles. The zero-order valence-corrected chi connectivity index (χ0v) is 13.6. The third kappa shape index (κ3) is 3.52. The highest BCUT2D eigenvalue weighted by molar-refractivity contribution is 6.35. The number of halogens is 3. The highest BCUT2D eigenvalue weighted by atomic mass is 35.5. The molecule has 0 atom stereocenters. The first-order valence-corrected chi connectivity index (χ1v) is 7.56. The molecule has 0 radical (unpaired) electrons. The van der Waals surface area contributed by atoms with Crippen LogP contribution in [0.3, 0.4) is 0 Å². The van der Waals surface area contributed by atoms with E-state index in [1.165, 1.54) is 28.9 Å². The molecule has 0 unspecified atom stereocenters. The van der Waals surface area contributed by atoms with Crippen LogP contribution in [0.2, 0.25) is 10.0 Å². The van der Waals surface area contributed by atoms with Crippen LogP contribution in [0.5, 0.6) is 0 Å². The second-order valence-corrected chi connectivity index (χ2v) is 5.64. The summed E-state index contributed by atoms with van der Waals surface area (Å²) in [7, 11) is 0. The van der Waals surface area contributed by atoms with Crippen molar-refractivity contribution in [3.05, 3.63) is 69.7 Å². The Bertz CT molecular complexity index is 899. The maximum atomic E-state index is 13.3. The highest BCUT2D eigenvalue weighted by Gasteiger charge is 2.14. The van der Waals surface area contributed by atoms with Crippen molar-refractivity contribution in [2.24, 2.45) is 0 Å². The lowest BCUT2D eigenvalue weighted by atomic mass is 10.2. The molecular weight excluding hydrogens is 356 g/mol. The molecule has 0 bridgehead atoms. The van der Waals surface area contributed by atoms with Crippen LogP contribution in [0.25, 0.3) is 5.69 Å². The standard InChI is InChI=1S/C15H10Cl2FN5O/c16-9-4-5-13(17)12(6-9)15(24)19-8-14-20-21-22-23(14)11-3-1-2-10(18)7-11/h1-7H,8H2,(H,19,24). The third-order valence-corrected chi connectivity index (χ3v) is 3.73. The third-order valence-electron chi connectivity index (χ3n) is 3.17. The average molecular weight is 366 g/mol. The molecule has 1 aromatic heterocycles. The van der Waals surface area contributed by atoms with Gasteiger partial charge in [-0.15, -0.1) is 5.10 Å². The zero-order valence-electron chi connectivity index (χ0n) is 12.1. The van der Waals surface area contributed by atoms with Gasteiger partial charge in [-0.25, -0.2) is 4.39 Å². The van der Waals surface area contributed by atoms with E-state index >= 15 is 0 Å². The minimum atomic E-state index is -0.420. The van der Waals surface area contributed by atoms with Crippen LogP contribution in [0.1, 0.15) is 16.2 Å². The lowest BCUT2D eigenvalue weighted by Gasteiger charge is -2.08. The lowest BCUT2D eigenvalue weighted by molar-refractivity contribution is 0.0950. The van der Waals surface area contributed by atoms with E-state index in [0.717, 1.165) is 0 Å². The van der Waals surface area contributed by atoms with Crippen LogP contribution >= 0.6 is 23.2 Å². The summed E-state index contributed by atoms with van der Waals surface area (Å²) in [5, 5.41) is 14.5. The summed E-state index contributed by atoms with van der Waals surface area (Å²) in [5.41, 5.74) is 0.694. The number of benzene rings is 2. The number of tetrazole rings is 1. The predicted molar refractivity (Wildman–Crippen MR) is 86.7 cm³/mol. The fraction of sp³-hybridized carbons (Fsp3) is 0.0667. The number of hydrogen-bond donors (Lipinski definition) is 1. The van der Waals surface area contributed by atoms with Crippen molar-refractivity contribution in [1.29, 1.82) is 0 Å². The molecule has 0 spiro atoms. The van der Waals surface area contributed by atoms with E-state index in [1.807, 2.05) is 0 Å². The van der Waals surface area contributed by atoms with Gasteiger partial charge in [0.2, 0.25) is 0 Å². The smallest absolute Gasteiger partial charge is 0.253 e. The van der Waals surface area contributed by atoms with Gasteiger partial charge in [-0.3, -0.25) is 4.79 Å². The van der Waals surface area contributed by atoms with Crippen molar-refractivity contribution in [2.75, 3.05) is 0 Å². The number of carbonyl (C=O) groups is 1. The second-order valence-electron chi connectivity index (χ2n) is 4.79. The van der Waals surface area contributed by atoms with Crippen LogP contribution in [0.15, 0.2) is 42.5 Å². The summed E-state index contributed by atoms with van der Waals surface area (Å²) in [6.45, 7) is 0.0329. The second kappa shape index (κ2) is 6.94. The Kier molecular flexibility index (Phi) is 4.73. The van der Waals surface area contributed by atoms with Crippen LogP contribution < -0.4 is 5.32 Å². The SMILES string of the molecule is O=C(NCc1nnnn1-c1cccc(F)c1)c1cc(Cl)ccc1Cl. The normalized spacial score (nSPS) is 10.6. The van der Waals surface area contributed by atoms with Crippen molar-refractivity contribution in [3.8, 4) is 5.69 Å². The van der Waals surface area contributed by atoms with Gasteiger partial charge in [-0.1, -0.05) is 29.3 Å². The predicted octanol–water partition coefficient (Wildman–Crippen LogP) is 3.04. The summed E-state index contributed by atoms with van der Waals surface area (Å²) in [4.78, 5) is 12.2. The Morgan fingerprint density at radius 1 is 1.21 bits per heavy atom. The fourth-order valence-corrected chi connectivity index (χ4v) is 2.43. The van der Waals surface area contributed by atoms with Gasteiger partial charge >= 0.3 is 0 Å². The number of hydrogen-bond acceptors (Lipinski definition) is 4. The van der Waals surface area contributed by atoms with Crippen molar-refractivity contribution in [2.45, 2.75) is 6.54 Å². The van der Waals surface area contributed by atoms with Gasteiger partial charge in [0.05, 0.1) is 22.8 Å². The van der Waals surface area contributed by atoms with Crippen molar-refractivity contribution in [3.63, 3.8) is 0 Å². The topological polar surface area (TPSA) is 72.7 Å². The molecule has 2 aromatic carbocycles. The summed E-state index contributed by atoms with van der Waals surface area (Å²) in [5.74, 6) is -0.493. The number of nitrogens with one attached hydrogen (secondary N) is 1. The molecule has 0 saturated carbocycles. The Hall–Kier alpha value is -2.51. The van der Waals surface area contributed by atoms with Gasteiger partial charge < -0.3 is 5.32 Å². The molecule has 0 saturated heterocycles. The van der Waals surface area contributed by atoms with Gasteiger partial charge in [0, 0.05) is 5.02 Å². The van der Waals surface area contributed by atoms with E-state index in [0.29, 0.717) is 16.5 Å². The minimum absolute atomic E-state index is 0.0329. The lowest BCUT2D eigenvalue weighted by Crippen LogP contribution is -2.25. The molecule has 122 valence electrons. The Morgan fingerprint density at radius 3 is 2.83 bits per heavy atom. The summed E-state index contributed by atoms with van der Waals surface area (Å²) in [6, 6.07) is 10.4. The van der Waals surface area contributed by atoms with Gasteiger partial charge in [0.25, 0.3) is 5.91 Å². The van der Waals surface area contributed by atoms with E-state index < -0.39 is 11.7 Å².